The first-order valence-corrected chi connectivity index (χ1v) is 8.15. The minimum atomic E-state index is -3.74. The molecule has 2 aromatic rings. The largest absolute Gasteiger partial charge is 0.298 e. The SMILES string of the molecule is O=C(Cc1ccccc1F)CS(=O)(=O)c1ccc(Cl)cc1. The highest BCUT2D eigenvalue weighted by atomic mass is 35.5. The fourth-order valence-corrected chi connectivity index (χ4v) is 3.21. The Morgan fingerprint density at radius 2 is 1.67 bits per heavy atom. The molecular weight excluding hydrogens is 315 g/mol. The Hall–Kier alpha value is -1.72. The highest BCUT2D eigenvalue weighted by Gasteiger charge is 2.20. The van der Waals surface area contributed by atoms with Crippen LogP contribution in [-0.4, -0.2) is 20.0 Å². The van der Waals surface area contributed by atoms with Crippen molar-refractivity contribution in [1.82, 2.24) is 0 Å². The Balaban J connectivity index is 2.12. The summed E-state index contributed by atoms with van der Waals surface area (Å²) in [7, 11) is -3.74. The van der Waals surface area contributed by atoms with Crippen LogP contribution in [0.15, 0.2) is 53.4 Å². The number of hydrogen-bond donors (Lipinski definition) is 0. The zero-order valence-electron chi connectivity index (χ0n) is 10.9. The van der Waals surface area contributed by atoms with E-state index in [1.807, 2.05) is 0 Å². The minimum Gasteiger partial charge on any atom is -0.298 e. The fraction of sp³-hybridized carbons (Fsp3) is 0.133. The van der Waals surface area contributed by atoms with Gasteiger partial charge in [-0.3, -0.25) is 4.79 Å². The summed E-state index contributed by atoms with van der Waals surface area (Å²) in [6.07, 6.45) is -0.251. The first-order valence-electron chi connectivity index (χ1n) is 6.12. The van der Waals surface area contributed by atoms with Gasteiger partial charge in [-0.2, -0.15) is 0 Å². The van der Waals surface area contributed by atoms with Crippen molar-refractivity contribution in [2.75, 3.05) is 5.75 Å². The second kappa shape index (κ2) is 6.37. The predicted molar refractivity (Wildman–Crippen MR) is 78.6 cm³/mol. The molecule has 0 atom stereocenters. The number of ketones is 1. The monoisotopic (exact) mass is 326 g/mol. The highest BCUT2D eigenvalue weighted by molar-refractivity contribution is 7.92. The molecule has 0 aromatic heterocycles. The molecule has 0 aliphatic carbocycles. The van der Waals surface area contributed by atoms with Crippen LogP contribution in [0.1, 0.15) is 5.56 Å². The van der Waals surface area contributed by atoms with Crippen LogP contribution in [0.25, 0.3) is 0 Å². The van der Waals surface area contributed by atoms with Crippen molar-refractivity contribution in [3.63, 3.8) is 0 Å². The molecule has 6 heteroatoms. The molecule has 0 aliphatic heterocycles. The lowest BCUT2D eigenvalue weighted by molar-refractivity contribution is -0.116. The highest BCUT2D eigenvalue weighted by Crippen LogP contribution is 2.16. The van der Waals surface area contributed by atoms with E-state index in [-0.39, 0.29) is 16.9 Å². The Kier molecular flexibility index (Phi) is 4.75. The van der Waals surface area contributed by atoms with Crippen molar-refractivity contribution in [3.8, 4) is 0 Å². The Morgan fingerprint density at radius 1 is 1.05 bits per heavy atom. The summed E-state index contributed by atoms with van der Waals surface area (Å²) in [5.41, 5.74) is 0.189. The average Bonchev–Trinajstić information content (AvgIpc) is 2.41. The molecule has 0 bridgehead atoms. The van der Waals surface area contributed by atoms with Crippen LogP contribution in [0.2, 0.25) is 5.02 Å². The molecule has 3 nitrogen and oxygen atoms in total. The third-order valence-electron chi connectivity index (χ3n) is 2.87. The first kappa shape index (κ1) is 15.7. The number of sulfone groups is 1. The number of Topliss-reactive ketones (excluding diaryl/α,β-unsaturated/α-hetero) is 1. The number of benzene rings is 2. The van der Waals surface area contributed by atoms with Gasteiger partial charge in [0.2, 0.25) is 0 Å². The molecule has 0 heterocycles. The molecule has 0 spiro atoms. The number of halogens is 2. The van der Waals surface area contributed by atoms with Crippen molar-refractivity contribution < 1.29 is 17.6 Å². The van der Waals surface area contributed by atoms with E-state index in [1.54, 1.807) is 6.07 Å². The topological polar surface area (TPSA) is 51.2 Å². The number of carbonyl (C=O) groups is 1. The second-order valence-electron chi connectivity index (χ2n) is 4.52. The number of rotatable bonds is 5. The summed E-state index contributed by atoms with van der Waals surface area (Å²) in [4.78, 5) is 11.9. The minimum absolute atomic E-state index is 0.0220. The maximum atomic E-state index is 13.4. The Morgan fingerprint density at radius 3 is 2.29 bits per heavy atom. The van der Waals surface area contributed by atoms with Gasteiger partial charge in [0.15, 0.2) is 15.6 Å². The van der Waals surface area contributed by atoms with E-state index in [9.17, 15) is 17.6 Å². The van der Waals surface area contributed by atoms with Gasteiger partial charge in [-0.1, -0.05) is 29.8 Å². The quantitative estimate of drug-likeness (QED) is 0.848. The van der Waals surface area contributed by atoms with E-state index in [1.165, 1.54) is 42.5 Å². The third kappa shape index (κ3) is 4.12. The maximum absolute atomic E-state index is 13.4. The van der Waals surface area contributed by atoms with Gasteiger partial charge in [0.25, 0.3) is 0 Å². The summed E-state index contributed by atoms with van der Waals surface area (Å²) in [5.74, 6) is -1.74. The Bertz CT molecular complexity index is 755. The van der Waals surface area contributed by atoms with Gasteiger partial charge in [-0.15, -0.1) is 0 Å². The summed E-state index contributed by atoms with van der Waals surface area (Å²) in [5, 5.41) is 0.409. The summed E-state index contributed by atoms with van der Waals surface area (Å²) < 4.78 is 37.6. The lowest BCUT2D eigenvalue weighted by atomic mass is 10.1. The van der Waals surface area contributed by atoms with E-state index in [0.717, 1.165) is 0 Å². The standard InChI is InChI=1S/C15H12ClFO3S/c16-12-5-7-14(8-6-12)21(19,20)10-13(18)9-11-3-1-2-4-15(11)17/h1-8H,9-10H2. The molecule has 2 rings (SSSR count). The van der Waals surface area contributed by atoms with E-state index >= 15 is 0 Å². The normalized spacial score (nSPS) is 11.3. The Labute approximate surface area is 127 Å². The molecule has 0 saturated heterocycles. The van der Waals surface area contributed by atoms with Crippen molar-refractivity contribution in [2.45, 2.75) is 11.3 Å². The summed E-state index contributed by atoms with van der Waals surface area (Å²) in [6, 6.07) is 11.4. The number of hydrogen-bond acceptors (Lipinski definition) is 3. The van der Waals surface area contributed by atoms with Gasteiger partial charge in [0.05, 0.1) is 4.90 Å². The molecule has 0 radical (unpaired) electrons. The van der Waals surface area contributed by atoms with Crippen LogP contribution in [0, 0.1) is 5.82 Å². The second-order valence-corrected chi connectivity index (χ2v) is 6.95. The van der Waals surface area contributed by atoms with Gasteiger partial charge < -0.3 is 0 Å². The van der Waals surface area contributed by atoms with Gasteiger partial charge in [-0.25, -0.2) is 12.8 Å². The molecule has 110 valence electrons. The van der Waals surface area contributed by atoms with Gasteiger partial charge in [0, 0.05) is 11.4 Å². The maximum Gasteiger partial charge on any atom is 0.185 e. The molecule has 0 N–H and O–H groups in total. The van der Waals surface area contributed by atoms with Crippen LogP contribution in [0.4, 0.5) is 4.39 Å². The van der Waals surface area contributed by atoms with Crippen LogP contribution >= 0.6 is 11.6 Å². The predicted octanol–water partition coefficient (Wildman–Crippen LogP) is 3.06. The van der Waals surface area contributed by atoms with Gasteiger partial charge in [0.1, 0.15) is 11.6 Å². The van der Waals surface area contributed by atoms with Crippen molar-refractivity contribution in [3.05, 3.63) is 64.9 Å². The van der Waals surface area contributed by atoms with Gasteiger partial charge in [-0.05, 0) is 35.9 Å². The molecule has 0 unspecified atom stereocenters. The number of carbonyl (C=O) groups excluding carboxylic acids is 1. The zero-order chi connectivity index (χ0) is 15.5. The smallest absolute Gasteiger partial charge is 0.185 e. The molecule has 0 fully saturated rings. The summed E-state index contributed by atoms with van der Waals surface area (Å²) >= 11 is 5.69. The van der Waals surface area contributed by atoms with Crippen LogP contribution in [0.3, 0.4) is 0 Å². The lowest BCUT2D eigenvalue weighted by Gasteiger charge is -2.05. The summed E-state index contributed by atoms with van der Waals surface area (Å²) in [6.45, 7) is 0. The van der Waals surface area contributed by atoms with Crippen molar-refractivity contribution >= 4 is 27.2 Å². The van der Waals surface area contributed by atoms with E-state index < -0.39 is 27.2 Å². The van der Waals surface area contributed by atoms with Crippen molar-refractivity contribution in [2.24, 2.45) is 0 Å². The molecule has 2 aromatic carbocycles. The van der Waals surface area contributed by atoms with E-state index in [4.69, 9.17) is 11.6 Å². The van der Waals surface area contributed by atoms with Crippen molar-refractivity contribution in [1.29, 1.82) is 0 Å². The molecule has 0 amide bonds. The van der Waals surface area contributed by atoms with Crippen LogP contribution in [0.5, 0.6) is 0 Å². The lowest BCUT2D eigenvalue weighted by Crippen LogP contribution is -2.18. The van der Waals surface area contributed by atoms with Crippen LogP contribution < -0.4 is 0 Å². The van der Waals surface area contributed by atoms with E-state index in [2.05, 4.69) is 0 Å². The molecule has 0 aliphatic rings. The van der Waals surface area contributed by atoms with Crippen LogP contribution in [-0.2, 0) is 21.1 Å². The van der Waals surface area contributed by atoms with E-state index in [0.29, 0.717) is 5.02 Å². The van der Waals surface area contributed by atoms with Gasteiger partial charge >= 0.3 is 0 Å². The molecular formula is C15H12ClFO3S. The zero-order valence-corrected chi connectivity index (χ0v) is 12.5. The first-order chi connectivity index (χ1) is 9.88. The third-order valence-corrected chi connectivity index (χ3v) is 4.81. The molecule has 0 saturated carbocycles. The fourth-order valence-electron chi connectivity index (χ4n) is 1.84. The molecule has 21 heavy (non-hydrogen) atoms. The average molecular weight is 327 g/mol.